The Kier molecular flexibility index (Phi) is 8.90. The predicted molar refractivity (Wildman–Crippen MR) is 127 cm³/mol. The van der Waals surface area contributed by atoms with Gasteiger partial charge >= 0.3 is 0 Å². The molecule has 0 radical (unpaired) electrons. The second kappa shape index (κ2) is 11.1. The maximum Gasteiger partial charge on any atom is 0.191 e. The van der Waals surface area contributed by atoms with Crippen LogP contribution in [0, 0.1) is 13.8 Å². The first-order valence-corrected chi connectivity index (χ1v) is 9.51. The van der Waals surface area contributed by atoms with Gasteiger partial charge in [-0.1, -0.05) is 12.1 Å². The number of aromatic amines is 1. The molecule has 0 aliphatic heterocycles. The normalized spacial score (nSPS) is 11.5. The van der Waals surface area contributed by atoms with Crippen LogP contribution in [0.25, 0.3) is 10.9 Å². The quantitative estimate of drug-likeness (QED) is 0.187. The molecule has 1 aromatic carbocycles. The lowest BCUT2D eigenvalue weighted by molar-refractivity contribution is 0.203. The van der Waals surface area contributed by atoms with Gasteiger partial charge < -0.3 is 24.9 Å². The zero-order valence-electron chi connectivity index (χ0n) is 17.5. The SMILES string of the molecule is COCCNC(=NCc1nnc(C)n1C)NCCc1c[nH]c2cccc(C)c12.I. The fraction of sp³-hybridized carbons (Fsp3) is 0.450. The molecule has 3 rings (SSSR count). The molecule has 0 amide bonds. The molecule has 0 unspecified atom stereocenters. The molecule has 0 bridgehead atoms. The van der Waals surface area contributed by atoms with E-state index in [4.69, 9.17) is 4.74 Å². The second-order valence-electron chi connectivity index (χ2n) is 6.80. The van der Waals surface area contributed by atoms with Crippen LogP contribution in [0.15, 0.2) is 29.4 Å². The molecule has 3 N–H and O–H groups in total. The van der Waals surface area contributed by atoms with Crippen molar-refractivity contribution in [1.29, 1.82) is 0 Å². The summed E-state index contributed by atoms with van der Waals surface area (Å²) in [5.74, 6) is 2.45. The van der Waals surface area contributed by atoms with Gasteiger partial charge in [0.25, 0.3) is 0 Å². The standard InChI is InChI=1S/C20H29N7O.HI/c1-14-6-5-7-17-19(14)16(12-23-17)8-9-21-20(22-10-11-28-4)24-13-18-26-25-15(2)27(18)3;/h5-7,12,23H,8-11,13H2,1-4H3,(H2,21,22,24);1H. The molecule has 3 aromatic rings. The van der Waals surface area contributed by atoms with Crippen LogP contribution in [-0.4, -0.2) is 52.5 Å². The van der Waals surface area contributed by atoms with Crippen molar-refractivity contribution >= 4 is 40.8 Å². The van der Waals surface area contributed by atoms with E-state index in [1.807, 2.05) is 18.5 Å². The van der Waals surface area contributed by atoms with Gasteiger partial charge in [-0.15, -0.1) is 34.2 Å². The molecular weight excluding hydrogens is 481 g/mol. The van der Waals surface area contributed by atoms with Crippen molar-refractivity contribution in [3.63, 3.8) is 0 Å². The molecule has 2 heterocycles. The van der Waals surface area contributed by atoms with Crippen LogP contribution in [0.4, 0.5) is 0 Å². The summed E-state index contributed by atoms with van der Waals surface area (Å²) in [6, 6.07) is 6.34. The number of nitrogens with one attached hydrogen (secondary N) is 3. The number of aliphatic imine (C=N–C) groups is 1. The Morgan fingerprint density at radius 3 is 2.72 bits per heavy atom. The van der Waals surface area contributed by atoms with Gasteiger partial charge in [-0.2, -0.15) is 0 Å². The van der Waals surface area contributed by atoms with Gasteiger partial charge in [-0.3, -0.25) is 0 Å². The van der Waals surface area contributed by atoms with Gasteiger partial charge in [0.05, 0.1) is 6.61 Å². The summed E-state index contributed by atoms with van der Waals surface area (Å²) in [7, 11) is 3.64. The number of fused-ring (bicyclic) bond motifs is 1. The first-order valence-electron chi connectivity index (χ1n) is 9.51. The van der Waals surface area contributed by atoms with Crippen molar-refractivity contribution in [2.75, 3.05) is 26.8 Å². The lowest BCUT2D eigenvalue weighted by atomic mass is 10.1. The lowest BCUT2D eigenvalue weighted by Gasteiger charge is -2.12. The molecule has 0 saturated carbocycles. The Morgan fingerprint density at radius 2 is 2.00 bits per heavy atom. The Bertz CT molecular complexity index is 948. The molecule has 0 aliphatic carbocycles. The largest absolute Gasteiger partial charge is 0.383 e. The highest BCUT2D eigenvalue weighted by Gasteiger charge is 2.08. The number of hydrogen-bond acceptors (Lipinski definition) is 4. The topological polar surface area (TPSA) is 92.2 Å². The van der Waals surface area contributed by atoms with Crippen molar-refractivity contribution in [3.8, 4) is 0 Å². The summed E-state index contributed by atoms with van der Waals surface area (Å²) in [4.78, 5) is 8.00. The van der Waals surface area contributed by atoms with E-state index in [0.29, 0.717) is 19.7 Å². The van der Waals surface area contributed by atoms with Crippen molar-refractivity contribution < 1.29 is 4.74 Å². The number of aryl methyl sites for hydroxylation is 2. The number of nitrogens with zero attached hydrogens (tertiary/aromatic N) is 4. The third-order valence-electron chi connectivity index (χ3n) is 4.84. The van der Waals surface area contributed by atoms with E-state index >= 15 is 0 Å². The highest BCUT2D eigenvalue weighted by atomic mass is 127. The highest BCUT2D eigenvalue weighted by molar-refractivity contribution is 14.0. The van der Waals surface area contributed by atoms with E-state index in [-0.39, 0.29) is 24.0 Å². The number of ether oxygens (including phenoxy) is 1. The summed E-state index contributed by atoms with van der Waals surface area (Å²) in [5, 5.41) is 16.3. The first kappa shape index (κ1) is 23.1. The third kappa shape index (κ3) is 5.92. The fourth-order valence-electron chi connectivity index (χ4n) is 3.15. The fourth-order valence-corrected chi connectivity index (χ4v) is 3.15. The van der Waals surface area contributed by atoms with E-state index < -0.39 is 0 Å². The molecule has 0 atom stereocenters. The number of H-pyrrole nitrogens is 1. The van der Waals surface area contributed by atoms with Gasteiger partial charge in [-0.05, 0) is 37.5 Å². The van der Waals surface area contributed by atoms with E-state index in [0.717, 1.165) is 30.6 Å². The van der Waals surface area contributed by atoms with Gasteiger partial charge in [0, 0.05) is 44.3 Å². The van der Waals surface area contributed by atoms with Crippen LogP contribution in [0.2, 0.25) is 0 Å². The monoisotopic (exact) mass is 511 g/mol. The zero-order valence-corrected chi connectivity index (χ0v) is 19.8. The van der Waals surface area contributed by atoms with Crippen LogP contribution in [0.5, 0.6) is 0 Å². The van der Waals surface area contributed by atoms with Crippen LogP contribution < -0.4 is 10.6 Å². The van der Waals surface area contributed by atoms with Gasteiger partial charge in [-0.25, -0.2) is 4.99 Å². The average molecular weight is 511 g/mol. The Hall–Kier alpha value is -2.14. The minimum absolute atomic E-state index is 0. The smallest absolute Gasteiger partial charge is 0.191 e. The Balaban J connectivity index is 0.00000300. The van der Waals surface area contributed by atoms with Crippen molar-refractivity contribution in [1.82, 2.24) is 30.4 Å². The summed E-state index contributed by atoms with van der Waals surface area (Å²) >= 11 is 0. The van der Waals surface area contributed by atoms with E-state index in [9.17, 15) is 0 Å². The number of halogens is 1. The molecule has 29 heavy (non-hydrogen) atoms. The first-order chi connectivity index (χ1) is 13.6. The molecule has 0 fully saturated rings. The minimum atomic E-state index is 0. The van der Waals surface area contributed by atoms with Gasteiger partial charge in [0.2, 0.25) is 0 Å². The Labute approximate surface area is 188 Å². The number of aromatic nitrogens is 4. The van der Waals surface area contributed by atoms with Gasteiger partial charge in [0.15, 0.2) is 11.8 Å². The molecular formula is C20H30IN7O. The molecule has 0 aliphatic rings. The maximum absolute atomic E-state index is 5.13. The van der Waals surface area contributed by atoms with E-state index in [1.165, 1.54) is 22.0 Å². The van der Waals surface area contributed by atoms with Crippen LogP contribution >= 0.6 is 24.0 Å². The van der Waals surface area contributed by atoms with E-state index in [1.54, 1.807) is 7.11 Å². The summed E-state index contributed by atoms with van der Waals surface area (Å²) in [5.41, 5.74) is 3.78. The van der Waals surface area contributed by atoms with Crippen LogP contribution in [0.3, 0.4) is 0 Å². The molecule has 158 valence electrons. The van der Waals surface area contributed by atoms with Crippen LogP contribution in [-0.2, 0) is 24.8 Å². The van der Waals surface area contributed by atoms with Crippen molar-refractivity contribution in [2.24, 2.45) is 12.0 Å². The zero-order chi connectivity index (χ0) is 19.9. The van der Waals surface area contributed by atoms with Gasteiger partial charge in [0.1, 0.15) is 12.4 Å². The predicted octanol–water partition coefficient (Wildman–Crippen LogP) is 2.46. The van der Waals surface area contributed by atoms with Crippen LogP contribution in [0.1, 0.15) is 22.8 Å². The Morgan fingerprint density at radius 1 is 1.21 bits per heavy atom. The van der Waals surface area contributed by atoms with Crippen molar-refractivity contribution in [2.45, 2.75) is 26.8 Å². The summed E-state index contributed by atoms with van der Waals surface area (Å²) in [6.45, 7) is 6.62. The molecule has 0 saturated heterocycles. The molecule has 0 spiro atoms. The van der Waals surface area contributed by atoms with E-state index in [2.05, 4.69) is 62.1 Å². The number of rotatable bonds is 8. The third-order valence-corrected chi connectivity index (χ3v) is 4.84. The number of methoxy groups -OCH3 is 1. The molecule has 9 heteroatoms. The molecule has 2 aromatic heterocycles. The van der Waals surface area contributed by atoms with Crippen molar-refractivity contribution in [3.05, 3.63) is 47.2 Å². The molecule has 8 nitrogen and oxygen atoms in total. The maximum atomic E-state index is 5.13. The minimum Gasteiger partial charge on any atom is -0.383 e. The number of hydrogen-bond donors (Lipinski definition) is 3. The highest BCUT2D eigenvalue weighted by Crippen LogP contribution is 2.22. The summed E-state index contributed by atoms with van der Waals surface area (Å²) < 4.78 is 7.08. The number of guanidine groups is 1. The number of benzene rings is 1. The second-order valence-corrected chi connectivity index (χ2v) is 6.80. The average Bonchev–Trinajstić information content (AvgIpc) is 3.24. The summed E-state index contributed by atoms with van der Waals surface area (Å²) in [6.07, 6.45) is 3.00. The lowest BCUT2D eigenvalue weighted by Crippen LogP contribution is -2.40.